The van der Waals surface area contributed by atoms with Crippen LogP contribution in [0, 0.1) is 12.8 Å². The van der Waals surface area contributed by atoms with Gasteiger partial charge in [-0.15, -0.1) is 12.4 Å². The molecule has 1 saturated heterocycles. The van der Waals surface area contributed by atoms with Gasteiger partial charge in [0.25, 0.3) is 0 Å². The number of amides is 1. The van der Waals surface area contributed by atoms with Gasteiger partial charge in [-0.1, -0.05) is 36.8 Å². The van der Waals surface area contributed by atoms with Crippen molar-refractivity contribution in [3.05, 3.63) is 35.4 Å². The lowest BCUT2D eigenvalue weighted by Gasteiger charge is -2.41. The van der Waals surface area contributed by atoms with Gasteiger partial charge in [0.2, 0.25) is 5.91 Å². The van der Waals surface area contributed by atoms with Crippen LogP contribution in [-0.2, 0) is 9.53 Å². The summed E-state index contributed by atoms with van der Waals surface area (Å²) in [7, 11) is 1.57. The third-order valence-electron chi connectivity index (χ3n) is 4.30. The summed E-state index contributed by atoms with van der Waals surface area (Å²) in [4.78, 5) is 14.6. The Morgan fingerprint density at radius 1 is 1.41 bits per heavy atom. The van der Waals surface area contributed by atoms with E-state index >= 15 is 0 Å². The number of carbonyl (C=O) groups is 1. The normalized spacial score (nSPS) is 22.8. The zero-order chi connectivity index (χ0) is 15.4. The van der Waals surface area contributed by atoms with Crippen LogP contribution in [0.1, 0.15) is 36.9 Å². The van der Waals surface area contributed by atoms with Crippen molar-refractivity contribution in [3.63, 3.8) is 0 Å². The molecule has 4 nitrogen and oxygen atoms in total. The zero-order valence-electron chi connectivity index (χ0n) is 13.6. The summed E-state index contributed by atoms with van der Waals surface area (Å²) in [6.07, 6.45) is 2.18. The van der Waals surface area contributed by atoms with Crippen LogP contribution in [0.15, 0.2) is 24.3 Å². The van der Waals surface area contributed by atoms with E-state index in [9.17, 15) is 4.79 Å². The molecule has 1 aromatic rings. The van der Waals surface area contributed by atoms with Crippen LogP contribution < -0.4 is 5.73 Å². The van der Waals surface area contributed by atoms with E-state index in [0.29, 0.717) is 5.92 Å². The van der Waals surface area contributed by atoms with Gasteiger partial charge in [0, 0.05) is 13.7 Å². The molecule has 1 heterocycles. The van der Waals surface area contributed by atoms with E-state index in [1.807, 2.05) is 4.90 Å². The molecule has 0 radical (unpaired) electrons. The van der Waals surface area contributed by atoms with Crippen LogP contribution in [0.4, 0.5) is 0 Å². The van der Waals surface area contributed by atoms with Crippen molar-refractivity contribution < 1.29 is 9.53 Å². The van der Waals surface area contributed by atoms with E-state index in [4.69, 9.17) is 10.5 Å². The molecule has 3 unspecified atom stereocenters. The SMILES string of the molecule is COCC(N)C(=O)N1CCCC(C)C1c1ccc(C)cc1.Cl. The molecule has 0 saturated carbocycles. The lowest BCUT2D eigenvalue weighted by molar-refractivity contribution is -0.139. The summed E-state index contributed by atoms with van der Waals surface area (Å²) in [6.45, 7) is 5.33. The van der Waals surface area contributed by atoms with E-state index in [-0.39, 0.29) is 31.0 Å². The number of aryl methyl sites for hydroxylation is 1. The number of nitrogens with zero attached hydrogens (tertiary/aromatic N) is 1. The minimum absolute atomic E-state index is 0. The van der Waals surface area contributed by atoms with Crippen LogP contribution in [0.5, 0.6) is 0 Å². The number of rotatable bonds is 4. The number of methoxy groups -OCH3 is 1. The molecular weight excluding hydrogens is 300 g/mol. The highest BCUT2D eigenvalue weighted by Gasteiger charge is 2.34. The molecule has 124 valence electrons. The Labute approximate surface area is 139 Å². The van der Waals surface area contributed by atoms with E-state index < -0.39 is 6.04 Å². The smallest absolute Gasteiger partial charge is 0.242 e. The number of benzene rings is 1. The molecule has 0 spiro atoms. The third kappa shape index (κ3) is 4.22. The Morgan fingerprint density at radius 3 is 2.64 bits per heavy atom. The van der Waals surface area contributed by atoms with E-state index in [1.54, 1.807) is 7.11 Å². The summed E-state index contributed by atoms with van der Waals surface area (Å²) in [5.41, 5.74) is 8.38. The number of carbonyl (C=O) groups excluding carboxylic acids is 1. The monoisotopic (exact) mass is 326 g/mol. The molecule has 1 aromatic carbocycles. The van der Waals surface area contributed by atoms with Crippen LogP contribution in [0.25, 0.3) is 0 Å². The van der Waals surface area contributed by atoms with Gasteiger partial charge < -0.3 is 15.4 Å². The molecule has 0 bridgehead atoms. The number of hydrogen-bond donors (Lipinski definition) is 1. The van der Waals surface area contributed by atoms with Crippen molar-refractivity contribution in [2.45, 2.75) is 38.8 Å². The lowest BCUT2D eigenvalue weighted by Crippen LogP contribution is -2.50. The Morgan fingerprint density at radius 2 is 2.05 bits per heavy atom. The van der Waals surface area contributed by atoms with Gasteiger partial charge in [0.1, 0.15) is 6.04 Å². The van der Waals surface area contributed by atoms with Crippen LogP contribution in [-0.4, -0.2) is 37.1 Å². The maximum Gasteiger partial charge on any atom is 0.242 e. The summed E-state index contributed by atoms with van der Waals surface area (Å²) < 4.78 is 5.03. The highest BCUT2D eigenvalue weighted by atomic mass is 35.5. The van der Waals surface area contributed by atoms with Crippen molar-refractivity contribution >= 4 is 18.3 Å². The minimum Gasteiger partial charge on any atom is -0.383 e. The first kappa shape index (κ1) is 18.9. The van der Waals surface area contributed by atoms with Crippen molar-refractivity contribution in [3.8, 4) is 0 Å². The first-order valence-corrected chi connectivity index (χ1v) is 7.66. The number of hydrogen-bond acceptors (Lipinski definition) is 3. The van der Waals surface area contributed by atoms with E-state index in [0.717, 1.165) is 19.4 Å². The predicted octanol–water partition coefficient (Wildman–Crippen LogP) is 2.69. The highest BCUT2D eigenvalue weighted by Crippen LogP contribution is 2.36. The summed E-state index contributed by atoms with van der Waals surface area (Å²) in [5.74, 6) is 0.439. The molecule has 1 fully saturated rings. The quantitative estimate of drug-likeness (QED) is 0.925. The highest BCUT2D eigenvalue weighted by molar-refractivity contribution is 5.85. The number of halogens is 1. The Bertz CT molecular complexity index is 478. The predicted molar refractivity (Wildman–Crippen MR) is 91.1 cm³/mol. The van der Waals surface area contributed by atoms with Gasteiger partial charge in [-0.05, 0) is 31.2 Å². The second kappa shape index (κ2) is 8.51. The average Bonchev–Trinajstić information content (AvgIpc) is 2.47. The van der Waals surface area contributed by atoms with Gasteiger partial charge in [-0.2, -0.15) is 0 Å². The Kier molecular flexibility index (Phi) is 7.33. The average molecular weight is 327 g/mol. The summed E-state index contributed by atoms with van der Waals surface area (Å²) >= 11 is 0. The van der Waals surface area contributed by atoms with Crippen molar-refractivity contribution in [2.24, 2.45) is 11.7 Å². The zero-order valence-corrected chi connectivity index (χ0v) is 14.4. The standard InChI is InChI=1S/C17H26N2O2.ClH/c1-12-6-8-14(9-7-12)16-13(2)5-4-10-19(16)17(20)15(18)11-21-3;/h6-9,13,15-16H,4-5,10-11,18H2,1-3H3;1H. The first-order chi connectivity index (χ1) is 10.0. The second-order valence-corrected chi connectivity index (χ2v) is 6.07. The number of likely N-dealkylation sites (tertiary alicyclic amines) is 1. The minimum atomic E-state index is -0.576. The fourth-order valence-electron chi connectivity index (χ4n) is 3.17. The number of ether oxygens (including phenoxy) is 1. The van der Waals surface area contributed by atoms with E-state index in [1.165, 1.54) is 11.1 Å². The first-order valence-electron chi connectivity index (χ1n) is 7.66. The fraction of sp³-hybridized carbons (Fsp3) is 0.588. The lowest BCUT2D eigenvalue weighted by atomic mass is 9.85. The summed E-state index contributed by atoms with van der Waals surface area (Å²) in [6, 6.07) is 8.01. The summed E-state index contributed by atoms with van der Waals surface area (Å²) in [5, 5.41) is 0. The molecule has 0 aromatic heterocycles. The molecule has 3 atom stereocenters. The van der Waals surface area contributed by atoms with Crippen molar-refractivity contribution in [1.82, 2.24) is 4.90 Å². The Hall–Kier alpha value is -1.10. The molecule has 1 amide bonds. The molecule has 2 N–H and O–H groups in total. The fourth-order valence-corrected chi connectivity index (χ4v) is 3.17. The number of nitrogens with two attached hydrogens (primary N) is 1. The maximum absolute atomic E-state index is 12.6. The third-order valence-corrected chi connectivity index (χ3v) is 4.30. The molecular formula is C17H27ClN2O2. The second-order valence-electron chi connectivity index (χ2n) is 6.07. The van der Waals surface area contributed by atoms with Gasteiger partial charge in [-0.25, -0.2) is 0 Å². The molecule has 5 heteroatoms. The van der Waals surface area contributed by atoms with Gasteiger partial charge in [0.05, 0.1) is 12.6 Å². The van der Waals surface area contributed by atoms with Gasteiger partial charge in [0.15, 0.2) is 0 Å². The van der Waals surface area contributed by atoms with Gasteiger partial charge in [-0.3, -0.25) is 4.79 Å². The topological polar surface area (TPSA) is 55.6 Å². The van der Waals surface area contributed by atoms with E-state index in [2.05, 4.69) is 38.1 Å². The maximum atomic E-state index is 12.6. The Balaban J connectivity index is 0.00000242. The molecule has 22 heavy (non-hydrogen) atoms. The van der Waals surface area contributed by atoms with Crippen LogP contribution in [0.2, 0.25) is 0 Å². The van der Waals surface area contributed by atoms with Crippen LogP contribution >= 0.6 is 12.4 Å². The molecule has 1 aliphatic rings. The van der Waals surface area contributed by atoms with Crippen LogP contribution in [0.3, 0.4) is 0 Å². The number of piperidine rings is 1. The molecule has 0 aliphatic carbocycles. The molecule has 1 aliphatic heterocycles. The largest absolute Gasteiger partial charge is 0.383 e. The van der Waals surface area contributed by atoms with Gasteiger partial charge >= 0.3 is 0 Å². The van der Waals surface area contributed by atoms with Crippen molar-refractivity contribution in [1.29, 1.82) is 0 Å². The molecule has 2 rings (SSSR count). The van der Waals surface area contributed by atoms with Crippen molar-refractivity contribution in [2.75, 3.05) is 20.3 Å².